The maximum absolute atomic E-state index is 12.1. The fraction of sp³-hybridized carbons (Fsp3) is 0.600. The van der Waals surface area contributed by atoms with Crippen molar-refractivity contribution in [3.05, 3.63) is 5.82 Å². The quantitative estimate of drug-likeness (QED) is 0.748. The predicted molar refractivity (Wildman–Crippen MR) is 89.9 cm³/mol. The Hall–Kier alpha value is -2.58. The number of hydrazine groups is 1. The average molecular weight is 336 g/mol. The molecule has 9 nitrogen and oxygen atoms in total. The highest BCUT2D eigenvalue weighted by molar-refractivity contribution is 5.84. The molecule has 0 unspecified atom stereocenters. The number of methoxy groups -OCH3 is 1. The number of fused-ring (bicyclic) bond motifs is 1. The number of carbonyl (C=O) groups is 1. The summed E-state index contributed by atoms with van der Waals surface area (Å²) in [7, 11) is 1.52. The zero-order valence-corrected chi connectivity index (χ0v) is 14.7. The molecule has 0 bridgehead atoms. The number of imidazole rings is 1. The number of amides is 1. The maximum atomic E-state index is 12.1. The minimum absolute atomic E-state index is 0.207. The van der Waals surface area contributed by atoms with E-state index in [4.69, 9.17) is 9.47 Å². The van der Waals surface area contributed by atoms with Gasteiger partial charge >= 0.3 is 6.09 Å². The zero-order valence-electron chi connectivity index (χ0n) is 14.7. The van der Waals surface area contributed by atoms with Crippen LogP contribution < -0.4 is 10.2 Å². The number of nitrogens with one attached hydrogen (secondary N) is 2. The summed E-state index contributed by atoms with van der Waals surface area (Å²) in [5.74, 6) is 1.11. The highest BCUT2D eigenvalue weighted by Gasteiger charge is 2.19. The van der Waals surface area contributed by atoms with Crippen LogP contribution in [0.3, 0.4) is 0 Å². The summed E-state index contributed by atoms with van der Waals surface area (Å²) in [6, 6.07) is 0.337. The fourth-order valence-electron chi connectivity index (χ4n) is 2.08. The molecule has 0 aliphatic heterocycles. The normalized spacial score (nSPS) is 10.9. The Bertz CT molecular complexity index is 700. The number of nitrogens with zero attached hydrogens (tertiary/aromatic N) is 4. The lowest BCUT2D eigenvalue weighted by Gasteiger charge is -2.23. The summed E-state index contributed by atoms with van der Waals surface area (Å²) in [6.45, 7) is 7.89. The van der Waals surface area contributed by atoms with Crippen LogP contribution in [0.4, 0.5) is 10.6 Å². The van der Waals surface area contributed by atoms with E-state index in [1.54, 1.807) is 13.8 Å². The van der Waals surface area contributed by atoms with Crippen LogP contribution in [0.25, 0.3) is 11.2 Å². The first-order valence-electron chi connectivity index (χ1n) is 8.03. The number of aryl methyl sites for hydroxylation is 1. The van der Waals surface area contributed by atoms with Crippen LogP contribution in [-0.4, -0.2) is 50.8 Å². The van der Waals surface area contributed by atoms with Crippen LogP contribution in [0.15, 0.2) is 0 Å². The van der Waals surface area contributed by atoms with Crippen LogP contribution in [-0.2, 0) is 11.2 Å². The van der Waals surface area contributed by atoms with Crippen molar-refractivity contribution in [2.24, 2.45) is 0 Å². The molecule has 0 radical (unpaired) electrons. The molecule has 0 saturated carbocycles. The van der Waals surface area contributed by atoms with E-state index < -0.39 is 6.09 Å². The first kappa shape index (κ1) is 17.8. The van der Waals surface area contributed by atoms with Gasteiger partial charge < -0.3 is 14.5 Å². The summed E-state index contributed by atoms with van der Waals surface area (Å²) in [4.78, 5) is 28.3. The molecule has 2 aromatic heterocycles. The Morgan fingerprint density at radius 3 is 2.62 bits per heavy atom. The Labute approximate surface area is 140 Å². The SMILES string of the molecule is CCCc1nc(NN(CC)C(=O)OC(C)C)c2[nH]c(OC)nc2n1. The molecule has 9 heteroatoms. The molecule has 132 valence electrons. The fourth-order valence-corrected chi connectivity index (χ4v) is 2.08. The number of ether oxygens (including phenoxy) is 2. The predicted octanol–water partition coefficient (Wildman–Crippen LogP) is 2.51. The van der Waals surface area contributed by atoms with Gasteiger partial charge in [0.25, 0.3) is 6.01 Å². The minimum Gasteiger partial charge on any atom is -0.468 e. The largest absolute Gasteiger partial charge is 0.468 e. The molecule has 0 aromatic carbocycles. The number of rotatable bonds is 7. The van der Waals surface area contributed by atoms with Gasteiger partial charge in [0.15, 0.2) is 11.5 Å². The lowest BCUT2D eigenvalue weighted by atomic mass is 10.3. The molecule has 2 heterocycles. The molecule has 24 heavy (non-hydrogen) atoms. The van der Waals surface area contributed by atoms with E-state index in [0.29, 0.717) is 41.8 Å². The highest BCUT2D eigenvalue weighted by atomic mass is 16.6. The first-order chi connectivity index (χ1) is 11.5. The van der Waals surface area contributed by atoms with Gasteiger partial charge in [0.2, 0.25) is 0 Å². The summed E-state index contributed by atoms with van der Waals surface area (Å²) in [5.41, 5.74) is 4.05. The van der Waals surface area contributed by atoms with Crippen molar-refractivity contribution in [2.45, 2.75) is 46.6 Å². The maximum Gasteiger partial charge on any atom is 0.428 e. The molecular weight excluding hydrogens is 312 g/mol. The third-order valence-corrected chi connectivity index (χ3v) is 3.16. The molecule has 2 rings (SSSR count). The van der Waals surface area contributed by atoms with Crippen molar-refractivity contribution < 1.29 is 14.3 Å². The van der Waals surface area contributed by atoms with Crippen LogP contribution >= 0.6 is 0 Å². The standard InChI is InChI=1S/C15H24N6O3/c1-6-8-10-16-12-11(18-14(19-12)23-5)13(17-10)20-21(7-2)15(22)24-9(3)4/h9H,6-8H2,1-5H3,(H2,16,17,18,19,20). The number of aromatic nitrogens is 4. The van der Waals surface area contributed by atoms with Crippen molar-refractivity contribution >= 4 is 23.1 Å². The second kappa shape index (κ2) is 7.80. The van der Waals surface area contributed by atoms with Gasteiger partial charge in [-0.3, -0.25) is 5.43 Å². The number of hydrogen-bond acceptors (Lipinski definition) is 7. The third-order valence-electron chi connectivity index (χ3n) is 3.16. The first-order valence-corrected chi connectivity index (χ1v) is 8.03. The molecule has 2 N–H and O–H groups in total. The Balaban J connectivity index is 2.37. The molecule has 0 spiro atoms. The van der Waals surface area contributed by atoms with Crippen molar-refractivity contribution in [1.82, 2.24) is 24.9 Å². The summed E-state index contributed by atoms with van der Waals surface area (Å²) in [5, 5.41) is 1.35. The van der Waals surface area contributed by atoms with Crippen LogP contribution in [0.1, 0.15) is 39.9 Å². The summed E-state index contributed by atoms with van der Waals surface area (Å²) in [6.07, 6.45) is 0.936. The smallest absolute Gasteiger partial charge is 0.428 e. The zero-order chi connectivity index (χ0) is 17.7. The molecule has 0 fully saturated rings. The van der Waals surface area contributed by atoms with Crippen molar-refractivity contribution in [3.8, 4) is 6.01 Å². The Morgan fingerprint density at radius 2 is 2.04 bits per heavy atom. The van der Waals surface area contributed by atoms with Gasteiger partial charge in [-0.1, -0.05) is 6.92 Å². The van der Waals surface area contributed by atoms with Crippen LogP contribution in [0.5, 0.6) is 6.01 Å². The van der Waals surface area contributed by atoms with Crippen molar-refractivity contribution in [1.29, 1.82) is 0 Å². The Morgan fingerprint density at radius 1 is 1.29 bits per heavy atom. The minimum atomic E-state index is -0.470. The summed E-state index contributed by atoms with van der Waals surface area (Å²) >= 11 is 0. The second-order valence-electron chi connectivity index (χ2n) is 5.47. The lowest BCUT2D eigenvalue weighted by Crippen LogP contribution is -2.38. The van der Waals surface area contributed by atoms with Gasteiger partial charge in [-0.15, -0.1) is 0 Å². The van der Waals surface area contributed by atoms with Crippen LogP contribution in [0, 0.1) is 0 Å². The van der Waals surface area contributed by atoms with Gasteiger partial charge in [-0.05, 0) is 27.2 Å². The van der Waals surface area contributed by atoms with Gasteiger partial charge in [0, 0.05) is 13.0 Å². The highest BCUT2D eigenvalue weighted by Crippen LogP contribution is 2.22. The summed E-state index contributed by atoms with van der Waals surface area (Å²) < 4.78 is 10.3. The number of carbonyl (C=O) groups excluding carboxylic acids is 1. The van der Waals surface area contributed by atoms with Crippen molar-refractivity contribution in [3.63, 3.8) is 0 Å². The topological polar surface area (TPSA) is 105 Å². The second-order valence-corrected chi connectivity index (χ2v) is 5.47. The number of H-pyrrole nitrogens is 1. The number of anilines is 1. The van der Waals surface area contributed by atoms with Crippen LogP contribution in [0.2, 0.25) is 0 Å². The van der Waals surface area contributed by atoms with E-state index in [9.17, 15) is 4.79 Å². The van der Waals surface area contributed by atoms with E-state index in [-0.39, 0.29) is 6.10 Å². The van der Waals surface area contributed by atoms with E-state index >= 15 is 0 Å². The average Bonchev–Trinajstić information content (AvgIpc) is 2.95. The number of hydrogen-bond donors (Lipinski definition) is 2. The Kier molecular flexibility index (Phi) is 5.78. The monoisotopic (exact) mass is 336 g/mol. The molecule has 0 aliphatic rings. The van der Waals surface area contributed by atoms with Crippen molar-refractivity contribution in [2.75, 3.05) is 19.1 Å². The van der Waals surface area contributed by atoms with Gasteiger partial charge in [-0.25, -0.2) is 19.8 Å². The van der Waals surface area contributed by atoms with E-state index in [0.717, 1.165) is 6.42 Å². The third kappa shape index (κ3) is 4.03. The number of aromatic amines is 1. The molecular formula is C15H24N6O3. The molecule has 2 aromatic rings. The lowest BCUT2D eigenvalue weighted by molar-refractivity contribution is 0.0850. The molecule has 1 amide bonds. The van der Waals surface area contributed by atoms with E-state index in [1.807, 2.05) is 13.8 Å². The van der Waals surface area contributed by atoms with Gasteiger partial charge in [-0.2, -0.15) is 4.98 Å². The van der Waals surface area contributed by atoms with E-state index in [1.165, 1.54) is 12.1 Å². The van der Waals surface area contributed by atoms with E-state index in [2.05, 4.69) is 25.4 Å². The molecule has 0 atom stereocenters. The molecule has 0 aliphatic carbocycles. The van der Waals surface area contributed by atoms with Gasteiger partial charge in [0.1, 0.15) is 11.3 Å². The molecule has 0 saturated heterocycles. The van der Waals surface area contributed by atoms with Gasteiger partial charge in [0.05, 0.1) is 13.2 Å².